The third-order valence-electron chi connectivity index (χ3n) is 2.84. The maximum Gasteiger partial charge on any atom is 0.148 e. The Hall–Kier alpha value is -1.30. The van der Waals surface area contributed by atoms with Gasteiger partial charge in [0.25, 0.3) is 0 Å². The molecule has 1 saturated heterocycles. The van der Waals surface area contributed by atoms with Crippen LogP contribution in [0.5, 0.6) is 0 Å². The van der Waals surface area contributed by atoms with E-state index in [9.17, 15) is 4.39 Å². The number of halogens is 1. The fraction of sp³-hybridized carbons (Fsp3) is 0.400. The first-order valence-electron chi connectivity index (χ1n) is 5.13. The predicted octanol–water partition coefficient (Wildman–Crippen LogP) is 1.83. The number of hydrogen-bond acceptors (Lipinski definition) is 4. The first kappa shape index (κ1) is 9.89. The van der Waals surface area contributed by atoms with E-state index in [0.29, 0.717) is 11.6 Å². The lowest BCUT2D eigenvalue weighted by Crippen LogP contribution is -2.09. The Kier molecular flexibility index (Phi) is 2.24. The Balaban J connectivity index is 2.15. The number of rotatable bonds is 1. The van der Waals surface area contributed by atoms with Crippen LogP contribution in [0.15, 0.2) is 12.1 Å². The molecule has 2 heterocycles. The van der Waals surface area contributed by atoms with Crippen molar-refractivity contribution in [3.63, 3.8) is 0 Å². The van der Waals surface area contributed by atoms with Crippen LogP contribution in [0.4, 0.5) is 10.1 Å². The van der Waals surface area contributed by atoms with E-state index < -0.39 is 5.82 Å². The number of aromatic nitrogens is 3. The summed E-state index contributed by atoms with van der Waals surface area (Å²) in [6, 6.07) is 3.29. The highest BCUT2D eigenvalue weighted by atomic mass is 32.2. The zero-order valence-corrected chi connectivity index (χ0v) is 9.38. The predicted molar refractivity (Wildman–Crippen MR) is 62.9 cm³/mol. The molecule has 1 unspecified atom stereocenters. The molecule has 6 heteroatoms. The van der Waals surface area contributed by atoms with E-state index in [1.807, 2.05) is 16.4 Å². The monoisotopic (exact) mass is 238 g/mol. The minimum absolute atomic E-state index is 0.125. The molecule has 0 radical (unpaired) electrons. The van der Waals surface area contributed by atoms with Gasteiger partial charge < -0.3 is 5.73 Å². The van der Waals surface area contributed by atoms with E-state index in [0.717, 1.165) is 23.4 Å². The van der Waals surface area contributed by atoms with Gasteiger partial charge in [-0.15, -0.1) is 5.10 Å². The number of hydrogen-bond donors (Lipinski definition) is 1. The summed E-state index contributed by atoms with van der Waals surface area (Å²) in [5.74, 6) is 1.75. The number of anilines is 1. The summed E-state index contributed by atoms with van der Waals surface area (Å²) in [7, 11) is 0. The highest BCUT2D eigenvalue weighted by molar-refractivity contribution is 7.99. The van der Waals surface area contributed by atoms with Crippen LogP contribution in [0, 0.1) is 5.82 Å². The summed E-state index contributed by atoms with van der Waals surface area (Å²) < 4.78 is 15.2. The van der Waals surface area contributed by atoms with Gasteiger partial charge in [0.2, 0.25) is 0 Å². The van der Waals surface area contributed by atoms with Crippen LogP contribution >= 0.6 is 11.8 Å². The first-order chi connectivity index (χ1) is 7.75. The Morgan fingerprint density at radius 1 is 1.50 bits per heavy atom. The van der Waals surface area contributed by atoms with Crippen molar-refractivity contribution in [1.82, 2.24) is 15.0 Å². The van der Waals surface area contributed by atoms with Gasteiger partial charge in [0.05, 0.1) is 17.2 Å². The van der Waals surface area contributed by atoms with Crippen LogP contribution < -0.4 is 5.73 Å². The summed E-state index contributed by atoms with van der Waals surface area (Å²) >= 11 is 1.89. The van der Waals surface area contributed by atoms with Crippen LogP contribution in [0.25, 0.3) is 11.0 Å². The number of nitrogens with two attached hydrogens (primary N) is 1. The molecular weight excluding hydrogens is 227 g/mol. The highest BCUT2D eigenvalue weighted by Crippen LogP contribution is 2.30. The summed E-state index contributed by atoms with van der Waals surface area (Å²) in [6.07, 6.45) is 1.06. The van der Waals surface area contributed by atoms with Crippen LogP contribution in [0.3, 0.4) is 0 Å². The van der Waals surface area contributed by atoms with Crippen LogP contribution in [0.1, 0.15) is 12.5 Å². The second-order valence-corrected chi connectivity index (χ2v) is 5.06. The summed E-state index contributed by atoms with van der Waals surface area (Å²) in [6.45, 7) is 0. The lowest BCUT2D eigenvalue weighted by atomic mass is 10.2. The maximum absolute atomic E-state index is 13.4. The number of benzene rings is 1. The summed E-state index contributed by atoms with van der Waals surface area (Å²) in [5, 5.41) is 8.11. The number of fused-ring (bicyclic) bond motifs is 1. The van der Waals surface area contributed by atoms with Crippen molar-refractivity contribution in [1.29, 1.82) is 0 Å². The van der Waals surface area contributed by atoms with E-state index in [2.05, 4.69) is 10.3 Å². The second kappa shape index (κ2) is 3.62. The van der Waals surface area contributed by atoms with Gasteiger partial charge in [0, 0.05) is 11.8 Å². The molecule has 0 spiro atoms. The van der Waals surface area contributed by atoms with Crippen molar-refractivity contribution in [2.24, 2.45) is 0 Å². The number of thioether (sulfide) groups is 1. The summed E-state index contributed by atoms with van der Waals surface area (Å²) in [4.78, 5) is 0. The van der Waals surface area contributed by atoms with Gasteiger partial charge >= 0.3 is 0 Å². The Morgan fingerprint density at radius 3 is 3.12 bits per heavy atom. The molecule has 1 fully saturated rings. The zero-order valence-electron chi connectivity index (χ0n) is 8.56. The molecule has 1 aromatic carbocycles. The molecule has 0 aliphatic carbocycles. The van der Waals surface area contributed by atoms with E-state index in [1.54, 1.807) is 0 Å². The van der Waals surface area contributed by atoms with Crippen molar-refractivity contribution < 1.29 is 4.39 Å². The molecule has 2 N–H and O–H groups in total. The Labute approximate surface area is 96.0 Å². The number of nitrogens with zero attached hydrogens (tertiary/aromatic N) is 3. The lowest BCUT2D eigenvalue weighted by Gasteiger charge is -2.09. The normalized spacial score (nSPS) is 20.7. The summed E-state index contributed by atoms with van der Waals surface area (Å²) in [5.41, 5.74) is 7.02. The fourth-order valence-electron chi connectivity index (χ4n) is 1.96. The van der Waals surface area contributed by atoms with E-state index in [4.69, 9.17) is 5.73 Å². The molecule has 0 amide bonds. The first-order valence-corrected chi connectivity index (χ1v) is 6.29. The molecule has 0 saturated carbocycles. The SMILES string of the molecule is Nc1cc2nnn(C3CCSC3)c2cc1F. The van der Waals surface area contributed by atoms with E-state index in [1.165, 1.54) is 12.1 Å². The molecular formula is C10H11FN4S. The molecule has 1 aliphatic rings. The lowest BCUT2D eigenvalue weighted by molar-refractivity contribution is 0.500. The van der Waals surface area contributed by atoms with Crippen molar-refractivity contribution in [3.8, 4) is 0 Å². The Bertz CT molecular complexity index is 533. The molecule has 84 valence electrons. The third kappa shape index (κ3) is 1.44. The highest BCUT2D eigenvalue weighted by Gasteiger charge is 2.21. The molecule has 0 bridgehead atoms. The van der Waals surface area contributed by atoms with Crippen molar-refractivity contribution in [2.45, 2.75) is 12.5 Å². The van der Waals surface area contributed by atoms with Gasteiger partial charge in [-0.1, -0.05) is 5.21 Å². The smallest absolute Gasteiger partial charge is 0.148 e. The van der Waals surface area contributed by atoms with Gasteiger partial charge in [0.15, 0.2) is 0 Å². The standard InChI is InChI=1S/C10H11FN4S/c11-7-3-10-9(4-8(7)12)13-14-15(10)6-1-2-16-5-6/h3-4,6H,1-2,5,12H2. The molecule has 2 aromatic rings. The van der Waals surface area contributed by atoms with Gasteiger partial charge in [-0.05, 0) is 18.2 Å². The molecule has 1 atom stereocenters. The van der Waals surface area contributed by atoms with Gasteiger partial charge in [0.1, 0.15) is 11.3 Å². The van der Waals surface area contributed by atoms with Gasteiger partial charge in [-0.3, -0.25) is 0 Å². The van der Waals surface area contributed by atoms with E-state index >= 15 is 0 Å². The van der Waals surface area contributed by atoms with Crippen LogP contribution in [-0.4, -0.2) is 26.5 Å². The average molecular weight is 238 g/mol. The van der Waals surface area contributed by atoms with Crippen molar-refractivity contribution in [3.05, 3.63) is 17.9 Å². The van der Waals surface area contributed by atoms with Crippen molar-refractivity contribution >= 4 is 28.5 Å². The van der Waals surface area contributed by atoms with Gasteiger partial charge in [-0.2, -0.15) is 11.8 Å². The minimum Gasteiger partial charge on any atom is -0.396 e. The molecule has 1 aliphatic heterocycles. The molecule has 16 heavy (non-hydrogen) atoms. The number of nitrogen functional groups attached to an aromatic ring is 1. The topological polar surface area (TPSA) is 56.7 Å². The second-order valence-electron chi connectivity index (χ2n) is 3.91. The minimum atomic E-state index is -0.401. The van der Waals surface area contributed by atoms with Gasteiger partial charge in [-0.25, -0.2) is 9.07 Å². The fourth-order valence-corrected chi connectivity index (χ4v) is 3.15. The quantitative estimate of drug-likeness (QED) is 0.770. The van der Waals surface area contributed by atoms with Crippen LogP contribution in [0.2, 0.25) is 0 Å². The third-order valence-corrected chi connectivity index (χ3v) is 3.99. The van der Waals surface area contributed by atoms with Crippen LogP contribution in [-0.2, 0) is 0 Å². The maximum atomic E-state index is 13.4. The largest absolute Gasteiger partial charge is 0.396 e. The van der Waals surface area contributed by atoms with E-state index in [-0.39, 0.29) is 5.69 Å². The Morgan fingerprint density at radius 2 is 2.38 bits per heavy atom. The molecule has 1 aromatic heterocycles. The molecule has 4 nitrogen and oxygen atoms in total. The zero-order chi connectivity index (χ0) is 11.1. The average Bonchev–Trinajstić information content (AvgIpc) is 2.87. The van der Waals surface area contributed by atoms with Crippen molar-refractivity contribution in [2.75, 3.05) is 17.2 Å². The molecule has 3 rings (SSSR count).